The van der Waals surface area contributed by atoms with Gasteiger partial charge in [-0.1, -0.05) is 12.1 Å². The van der Waals surface area contributed by atoms with Crippen molar-refractivity contribution < 1.29 is 0 Å². The van der Waals surface area contributed by atoms with Crippen molar-refractivity contribution in [2.75, 3.05) is 0 Å². The highest BCUT2D eigenvalue weighted by atomic mass is 35.5. The number of fused-ring (bicyclic) bond motifs is 1. The normalized spacial score (nSPS) is 12.1. The minimum atomic E-state index is -0.0701. The molecule has 0 aliphatic heterocycles. The Kier molecular flexibility index (Phi) is 3.33. The SMILES string of the molecule is C=C[C@H](N)c1ccc2[nH]ccc2c1.Cl. The van der Waals surface area contributed by atoms with Crippen molar-refractivity contribution in [3.63, 3.8) is 0 Å². The summed E-state index contributed by atoms with van der Waals surface area (Å²) in [6.07, 6.45) is 3.67. The molecule has 0 aliphatic carbocycles. The van der Waals surface area contributed by atoms with Crippen LogP contribution in [0.3, 0.4) is 0 Å². The topological polar surface area (TPSA) is 41.8 Å². The lowest BCUT2D eigenvalue weighted by molar-refractivity contribution is 0.917. The Morgan fingerprint density at radius 2 is 2.14 bits per heavy atom. The molecule has 0 spiro atoms. The van der Waals surface area contributed by atoms with Crippen LogP contribution in [0.25, 0.3) is 10.9 Å². The molecule has 1 aromatic carbocycles. The molecule has 2 aromatic rings. The first kappa shape index (κ1) is 10.8. The van der Waals surface area contributed by atoms with E-state index < -0.39 is 0 Å². The summed E-state index contributed by atoms with van der Waals surface area (Å²) < 4.78 is 0. The van der Waals surface area contributed by atoms with E-state index in [2.05, 4.69) is 17.6 Å². The van der Waals surface area contributed by atoms with Crippen LogP contribution in [0.15, 0.2) is 43.1 Å². The van der Waals surface area contributed by atoms with Crippen molar-refractivity contribution >= 4 is 23.3 Å². The van der Waals surface area contributed by atoms with Gasteiger partial charge in [0.15, 0.2) is 0 Å². The molecule has 1 aromatic heterocycles. The maximum absolute atomic E-state index is 5.83. The Morgan fingerprint density at radius 1 is 1.36 bits per heavy atom. The standard InChI is InChI=1S/C11H12N2.ClH/c1-2-10(12)8-3-4-11-9(7-8)5-6-13-11;/h2-7,10,13H,1,12H2;1H/t10-;/m0./s1. The van der Waals surface area contributed by atoms with Gasteiger partial charge >= 0.3 is 0 Å². The third-order valence-corrected chi connectivity index (χ3v) is 2.22. The fourth-order valence-corrected chi connectivity index (χ4v) is 1.42. The van der Waals surface area contributed by atoms with Crippen LogP contribution < -0.4 is 5.73 Å². The summed E-state index contributed by atoms with van der Waals surface area (Å²) in [4.78, 5) is 3.14. The number of aromatic nitrogens is 1. The Balaban J connectivity index is 0.000000980. The molecular weight excluding hydrogens is 196 g/mol. The molecule has 3 heteroatoms. The van der Waals surface area contributed by atoms with Crippen molar-refractivity contribution in [3.8, 4) is 0 Å². The molecule has 1 heterocycles. The molecular formula is C11H13ClN2. The molecule has 2 rings (SSSR count). The third kappa shape index (κ3) is 1.81. The van der Waals surface area contributed by atoms with Gasteiger partial charge in [-0.15, -0.1) is 19.0 Å². The van der Waals surface area contributed by atoms with Gasteiger partial charge in [0.1, 0.15) is 0 Å². The molecule has 0 saturated carbocycles. The Bertz CT molecular complexity index is 434. The van der Waals surface area contributed by atoms with Crippen LogP contribution in [0.1, 0.15) is 11.6 Å². The second-order valence-electron chi connectivity index (χ2n) is 3.09. The van der Waals surface area contributed by atoms with Gasteiger partial charge in [0.25, 0.3) is 0 Å². The van der Waals surface area contributed by atoms with Gasteiger partial charge in [-0.25, -0.2) is 0 Å². The highest BCUT2D eigenvalue weighted by molar-refractivity contribution is 5.85. The first-order valence-electron chi connectivity index (χ1n) is 4.26. The monoisotopic (exact) mass is 208 g/mol. The number of rotatable bonds is 2. The molecule has 0 bridgehead atoms. The lowest BCUT2D eigenvalue weighted by Gasteiger charge is -2.05. The first-order valence-corrected chi connectivity index (χ1v) is 4.26. The lowest BCUT2D eigenvalue weighted by Crippen LogP contribution is -2.05. The molecule has 0 amide bonds. The van der Waals surface area contributed by atoms with Crippen molar-refractivity contribution in [3.05, 3.63) is 48.7 Å². The number of halogens is 1. The summed E-state index contributed by atoms with van der Waals surface area (Å²) >= 11 is 0. The summed E-state index contributed by atoms with van der Waals surface area (Å²) in [5.41, 5.74) is 8.06. The second-order valence-corrected chi connectivity index (χ2v) is 3.09. The lowest BCUT2D eigenvalue weighted by atomic mass is 10.1. The predicted molar refractivity (Wildman–Crippen MR) is 62.7 cm³/mol. The minimum absolute atomic E-state index is 0. The van der Waals surface area contributed by atoms with E-state index in [1.807, 2.05) is 24.4 Å². The highest BCUT2D eigenvalue weighted by Gasteiger charge is 2.01. The number of aromatic amines is 1. The fraction of sp³-hybridized carbons (Fsp3) is 0.0909. The quantitative estimate of drug-likeness (QED) is 0.733. The van der Waals surface area contributed by atoms with Crippen LogP contribution in [0.4, 0.5) is 0 Å². The molecule has 2 nitrogen and oxygen atoms in total. The smallest absolute Gasteiger partial charge is 0.0478 e. The van der Waals surface area contributed by atoms with Crippen molar-refractivity contribution in [1.82, 2.24) is 4.98 Å². The van der Waals surface area contributed by atoms with Gasteiger partial charge in [-0.3, -0.25) is 0 Å². The number of nitrogens with one attached hydrogen (secondary N) is 1. The van der Waals surface area contributed by atoms with E-state index in [0.29, 0.717) is 0 Å². The number of H-pyrrole nitrogens is 1. The molecule has 0 aliphatic rings. The van der Waals surface area contributed by atoms with Crippen LogP contribution in [-0.2, 0) is 0 Å². The van der Waals surface area contributed by atoms with E-state index in [0.717, 1.165) is 11.1 Å². The van der Waals surface area contributed by atoms with E-state index >= 15 is 0 Å². The van der Waals surface area contributed by atoms with E-state index in [1.165, 1.54) is 5.39 Å². The van der Waals surface area contributed by atoms with Gasteiger partial charge in [0.05, 0.1) is 0 Å². The Labute approximate surface area is 89.2 Å². The summed E-state index contributed by atoms with van der Waals surface area (Å²) in [6.45, 7) is 3.67. The fourth-order valence-electron chi connectivity index (χ4n) is 1.42. The molecule has 1 atom stereocenters. The molecule has 3 N–H and O–H groups in total. The maximum Gasteiger partial charge on any atom is 0.0478 e. The van der Waals surface area contributed by atoms with Gasteiger partial charge in [0.2, 0.25) is 0 Å². The molecule has 14 heavy (non-hydrogen) atoms. The second kappa shape index (κ2) is 4.31. The predicted octanol–water partition coefficient (Wildman–Crippen LogP) is 2.78. The van der Waals surface area contributed by atoms with E-state index in [1.54, 1.807) is 6.08 Å². The molecule has 0 unspecified atom stereocenters. The van der Waals surface area contributed by atoms with Gasteiger partial charge in [-0.2, -0.15) is 0 Å². The largest absolute Gasteiger partial charge is 0.361 e. The summed E-state index contributed by atoms with van der Waals surface area (Å²) in [7, 11) is 0. The van der Waals surface area contributed by atoms with Crippen LogP contribution in [0.2, 0.25) is 0 Å². The Hall–Kier alpha value is -1.25. The average Bonchev–Trinajstić information content (AvgIpc) is 2.63. The molecule has 0 radical (unpaired) electrons. The maximum atomic E-state index is 5.83. The van der Waals surface area contributed by atoms with E-state index in [-0.39, 0.29) is 18.4 Å². The van der Waals surface area contributed by atoms with Crippen LogP contribution in [-0.4, -0.2) is 4.98 Å². The highest BCUT2D eigenvalue weighted by Crippen LogP contribution is 2.18. The Morgan fingerprint density at radius 3 is 2.86 bits per heavy atom. The van der Waals surface area contributed by atoms with Gasteiger partial charge < -0.3 is 10.7 Å². The van der Waals surface area contributed by atoms with Crippen molar-refractivity contribution in [1.29, 1.82) is 0 Å². The number of nitrogens with two attached hydrogens (primary N) is 1. The number of hydrogen-bond acceptors (Lipinski definition) is 1. The summed E-state index contributed by atoms with van der Waals surface area (Å²) in [5, 5.41) is 1.19. The van der Waals surface area contributed by atoms with E-state index in [4.69, 9.17) is 5.73 Å². The van der Waals surface area contributed by atoms with Crippen LogP contribution >= 0.6 is 12.4 Å². The molecule has 0 fully saturated rings. The minimum Gasteiger partial charge on any atom is -0.361 e. The third-order valence-electron chi connectivity index (χ3n) is 2.22. The number of benzene rings is 1. The molecule has 0 saturated heterocycles. The summed E-state index contributed by atoms with van der Waals surface area (Å²) in [6, 6.07) is 8.10. The van der Waals surface area contributed by atoms with Crippen molar-refractivity contribution in [2.45, 2.75) is 6.04 Å². The first-order chi connectivity index (χ1) is 6.31. The van der Waals surface area contributed by atoms with Crippen LogP contribution in [0.5, 0.6) is 0 Å². The average molecular weight is 209 g/mol. The van der Waals surface area contributed by atoms with Crippen LogP contribution in [0, 0.1) is 0 Å². The number of hydrogen-bond donors (Lipinski definition) is 2. The zero-order valence-corrected chi connectivity index (χ0v) is 8.55. The zero-order chi connectivity index (χ0) is 9.26. The zero-order valence-electron chi connectivity index (χ0n) is 7.73. The van der Waals surface area contributed by atoms with Crippen molar-refractivity contribution in [2.24, 2.45) is 5.73 Å². The van der Waals surface area contributed by atoms with E-state index in [9.17, 15) is 0 Å². The molecule has 74 valence electrons. The summed E-state index contributed by atoms with van der Waals surface area (Å²) in [5.74, 6) is 0. The van der Waals surface area contributed by atoms with Gasteiger partial charge in [-0.05, 0) is 29.1 Å². The van der Waals surface area contributed by atoms with Gasteiger partial charge in [0, 0.05) is 17.8 Å².